The van der Waals surface area contributed by atoms with Crippen molar-refractivity contribution in [2.24, 2.45) is 5.92 Å². The van der Waals surface area contributed by atoms with Crippen LogP contribution in [0.5, 0.6) is 11.5 Å². The molecule has 13 aromatic rings. The number of nitrogens with zero attached hydrogens (tertiary/aromatic N) is 5. The van der Waals surface area contributed by atoms with Crippen LogP contribution in [0.1, 0.15) is 84.9 Å². The normalized spacial score (nSPS) is 12.5. The zero-order valence-electron chi connectivity index (χ0n) is 46.7. The minimum Gasteiger partial charge on any atom is -0.510 e. The predicted octanol–water partition coefficient (Wildman–Crippen LogP) is 18.4. The van der Waals surface area contributed by atoms with Gasteiger partial charge < -0.3 is 18.4 Å². The van der Waals surface area contributed by atoms with Crippen molar-refractivity contribution in [1.82, 2.24) is 18.7 Å². The molecule has 1 unspecified atom stereocenters. The van der Waals surface area contributed by atoms with Crippen LogP contribution in [0.25, 0.3) is 99.8 Å². The van der Waals surface area contributed by atoms with Crippen molar-refractivity contribution >= 4 is 54.6 Å². The van der Waals surface area contributed by atoms with Crippen LogP contribution >= 0.6 is 0 Å². The molecule has 1 atom stereocenters. The van der Waals surface area contributed by atoms with E-state index >= 15 is 0 Å². The van der Waals surface area contributed by atoms with Gasteiger partial charge in [0.15, 0.2) is 0 Å². The van der Waals surface area contributed by atoms with E-state index in [4.69, 9.17) is 9.72 Å². The fraction of sp³-hybridized carbons (Fsp3) is 0.178. The van der Waals surface area contributed by atoms with Gasteiger partial charge in [-0.25, -0.2) is 4.98 Å². The van der Waals surface area contributed by atoms with Crippen molar-refractivity contribution < 1.29 is 30.4 Å². The fourth-order valence-corrected chi connectivity index (χ4v) is 11.4. The van der Waals surface area contributed by atoms with Gasteiger partial charge in [-0.05, 0) is 115 Å². The van der Waals surface area contributed by atoms with Gasteiger partial charge in [0, 0.05) is 60.7 Å². The van der Waals surface area contributed by atoms with E-state index in [2.05, 4.69) is 281 Å². The Hall–Kier alpha value is -8.31. The van der Waals surface area contributed by atoms with Crippen LogP contribution in [0, 0.1) is 24.4 Å². The van der Waals surface area contributed by atoms with Crippen LogP contribution in [0.3, 0.4) is 0 Å². The van der Waals surface area contributed by atoms with Gasteiger partial charge in [0.05, 0.1) is 27.8 Å². The standard InChI is InChI=1S/C73H63N5O.Pt/c1-47(2)48(3)50-37-38-74-70(41-50)78-66-36-33-55(77-64-29-15-13-25-60(64)61-26-14-16-30-65(61)77)44-63(66)62-35-34-57(45-69(62)78)79-56-24-19-23-54(43-56)75-46-76(68-32-18-17-31-67(68)75)71-58(49-21-11-10-12-22-49)27-20-28-59(71)51-39-52(72(4,5)6)42-53(40-51)73(7,8)9;/h10-42,44,47-48H,1-9H3;/q-2;. The summed E-state index contributed by atoms with van der Waals surface area (Å²) >= 11 is 0. The van der Waals surface area contributed by atoms with Crippen LogP contribution in [0.4, 0.5) is 0 Å². The number of ether oxygens (including phenoxy) is 1. The zero-order valence-corrected chi connectivity index (χ0v) is 49.0. The molecule has 0 aliphatic carbocycles. The second-order valence-electron chi connectivity index (χ2n) is 23.6. The first-order chi connectivity index (χ1) is 38.2. The molecule has 4 heterocycles. The van der Waals surface area contributed by atoms with E-state index in [-0.39, 0.29) is 31.9 Å². The van der Waals surface area contributed by atoms with Gasteiger partial charge in [-0.1, -0.05) is 195 Å². The molecular weight excluding hydrogens is 1160 g/mol. The molecule has 4 aromatic heterocycles. The number of benzene rings is 9. The summed E-state index contributed by atoms with van der Waals surface area (Å²) in [5.74, 6) is 2.79. The molecule has 13 rings (SSSR count). The van der Waals surface area contributed by atoms with Crippen LogP contribution in [-0.2, 0) is 31.9 Å². The maximum absolute atomic E-state index is 6.86. The predicted molar refractivity (Wildman–Crippen MR) is 326 cm³/mol. The summed E-state index contributed by atoms with van der Waals surface area (Å²) in [7, 11) is 0. The molecule has 0 saturated carbocycles. The first-order valence-corrected chi connectivity index (χ1v) is 27.6. The Balaban J connectivity index is 0.00000637. The first kappa shape index (κ1) is 52.4. The summed E-state index contributed by atoms with van der Waals surface area (Å²) < 4.78 is 15.8. The van der Waals surface area contributed by atoms with Gasteiger partial charge in [0.25, 0.3) is 6.33 Å². The molecule has 0 spiro atoms. The van der Waals surface area contributed by atoms with Crippen molar-refractivity contribution in [2.45, 2.75) is 79.1 Å². The van der Waals surface area contributed by atoms with Gasteiger partial charge >= 0.3 is 0 Å². The molecule has 0 aliphatic heterocycles. The van der Waals surface area contributed by atoms with E-state index in [1.807, 2.05) is 24.4 Å². The van der Waals surface area contributed by atoms with Crippen molar-refractivity contribution in [2.75, 3.05) is 0 Å². The Bertz CT molecular complexity index is 4400. The van der Waals surface area contributed by atoms with Crippen LogP contribution in [-0.4, -0.2) is 18.7 Å². The van der Waals surface area contributed by atoms with Crippen LogP contribution in [0.2, 0.25) is 0 Å². The van der Waals surface area contributed by atoms with Gasteiger partial charge in [-0.3, -0.25) is 4.57 Å². The van der Waals surface area contributed by atoms with E-state index in [1.165, 1.54) is 44.1 Å². The number of fused-ring (bicyclic) bond motifs is 7. The molecule has 0 amide bonds. The Morgan fingerprint density at radius 1 is 0.500 bits per heavy atom. The molecule has 398 valence electrons. The average Bonchev–Trinajstić information content (AvgIpc) is 4.23. The number of pyridine rings is 1. The van der Waals surface area contributed by atoms with Crippen LogP contribution < -0.4 is 9.30 Å². The van der Waals surface area contributed by atoms with Crippen molar-refractivity contribution in [3.05, 3.63) is 242 Å². The Morgan fingerprint density at radius 2 is 1.11 bits per heavy atom. The topological polar surface area (TPSA) is 40.8 Å². The number of hydrogen-bond donors (Lipinski definition) is 0. The van der Waals surface area contributed by atoms with Gasteiger partial charge in [-0.15, -0.1) is 29.7 Å². The molecule has 6 nitrogen and oxygen atoms in total. The molecule has 0 radical (unpaired) electrons. The summed E-state index contributed by atoms with van der Waals surface area (Å²) in [4.78, 5) is 5.04. The van der Waals surface area contributed by atoms with E-state index in [0.29, 0.717) is 23.3 Å². The minimum absolute atomic E-state index is 0. The monoisotopic (exact) mass is 1220 g/mol. The van der Waals surface area contributed by atoms with Crippen LogP contribution in [0.15, 0.2) is 206 Å². The number of para-hydroxylation sites is 5. The molecular formula is C73H63N5OPt-2. The Labute approximate surface area is 483 Å². The van der Waals surface area contributed by atoms with Crippen molar-refractivity contribution in [3.8, 4) is 56.6 Å². The summed E-state index contributed by atoms with van der Waals surface area (Å²) in [5.41, 5.74) is 17.5. The minimum atomic E-state index is -0.0538. The average molecular weight is 1220 g/mol. The zero-order chi connectivity index (χ0) is 54.3. The number of aromatic nitrogens is 5. The first-order valence-electron chi connectivity index (χ1n) is 27.6. The molecule has 7 heteroatoms. The second-order valence-corrected chi connectivity index (χ2v) is 23.6. The molecule has 80 heavy (non-hydrogen) atoms. The molecule has 0 N–H and O–H groups in total. The third-order valence-electron chi connectivity index (χ3n) is 16.1. The molecule has 0 saturated heterocycles. The second kappa shape index (κ2) is 20.4. The SMILES string of the molecule is CC(C)C(C)c1ccnc(-n2c3[c-]c(Oc4[c-]c(-n5[c-][n+](-c6c(-c7ccccc7)cccc6-c6cc(C(C)(C)C)cc(C(C)(C)C)c6)c6ccccc65)ccc4)ccc3c3cc(-n4c5ccccc5c5ccccc54)ccc32)c1.[Pt]. The molecule has 0 aliphatic rings. The third-order valence-corrected chi connectivity index (χ3v) is 16.1. The largest absolute Gasteiger partial charge is 0.510 e. The smallest absolute Gasteiger partial charge is 0.268 e. The number of hydrogen-bond acceptors (Lipinski definition) is 2. The summed E-state index contributed by atoms with van der Waals surface area (Å²) in [6.07, 6.45) is 5.81. The Kier molecular flexibility index (Phi) is 13.4. The third kappa shape index (κ3) is 9.23. The molecule has 0 fully saturated rings. The summed E-state index contributed by atoms with van der Waals surface area (Å²) in [5, 5.41) is 4.62. The quantitative estimate of drug-likeness (QED) is 0.101. The fourth-order valence-electron chi connectivity index (χ4n) is 11.4. The summed E-state index contributed by atoms with van der Waals surface area (Å²) in [6.45, 7) is 20.6. The van der Waals surface area contributed by atoms with E-state index in [9.17, 15) is 0 Å². The van der Waals surface area contributed by atoms with Gasteiger partial charge in [0.1, 0.15) is 5.82 Å². The summed E-state index contributed by atoms with van der Waals surface area (Å²) in [6, 6.07) is 79.3. The van der Waals surface area contributed by atoms with E-state index in [1.54, 1.807) is 0 Å². The molecule has 9 aromatic carbocycles. The number of imidazole rings is 1. The van der Waals surface area contributed by atoms with Crippen molar-refractivity contribution in [3.63, 3.8) is 0 Å². The maximum Gasteiger partial charge on any atom is 0.268 e. The van der Waals surface area contributed by atoms with E-state index in [0.717, 1.165) is 72.4 Å². The van der Waals surface area contributed by atoms with E-state index < -0.39 is 0 Å². The Morgan fingerprint density at radius 3 is 1.80 bits per heavy atom. The number of rotatable bonds is 10. The van der Waals surface area contributed by atoms with Gasteiger partial charge in [0.2, 0.25) is 0 Å². The van der Waals surface area contributed by atoms with Crippen molar-refractivity contribution in [1.29, 1.82) is 0 Å². The van der Waals surface area contributed by atoms with Gasteiger partial charge in [-0.2, -0.15) is 18.2 Å². The maximum atomic E-state index is 6.86. The molecule has 0 bridgehead atoms.